The summed E-state index contributed by atoms with van der Waals surface area (Å²) < 4.78 is 16.4. The number of rotatable bonds is 4. The second kappa shape index (κ2) is 5.94. The van der Waals surface area contributed by atoms with Crippen molar-refractivity contribution in [2.45, 2.75) is 17.0 Å². The third-order valence-corrected chi connectivity index (χ3v) is 4.40. The number of hydrogen-bond acceptors (Lipinski definition) is 5. The molecular weight excluding hydrogens is 270 g/mol. The topological polar surface area (TPSA) is 77.9 Å². The zero-order chi connectivity index (χ0) is 13.0. The lowest BCUT2D eigenvalue weighted by atomic mass is 10.2. The third-order valence-electron chi connectivity index (χ3n) is 2.03. The number of amides is 1. The Kier molecular flexibility index (Phi) is 4.29. The molecule has 0 spiro atoms. The molecule has 0 saturated heterocycles. The molecule has 1 aromatic heterocycles. The van der Waals surface area contributed by atoms with Crippen molar-refractivity contribution in [1.29, 1.82) is 0 Å². The van der Waals surface area contributed by atoms with E-state index in [-0.39, 0.29) is 11.9 Å². The van der Waals surface area contributed by atoms with Crippen molar-refractivity contribution in [2.75, 3.05) is 5.32 Å². The average Bonchev–Trinajstić information content (AvgIpc) is 2.78. The van der Waals surface area contributed by atoms with Crippen molar-refractivity contribution in [1.82, 2.24) is 9.36 Å². The van der Waals surface area contributed by atoms with E-state index in [9.17, 15) is 9.35 Å². The van der Waals surface area contributed by atoms with E-state index < -0.39 is 11.2 Å². The first-order valence-corrected chi connectivity index (χ1v) is 7.28. The second-order valence-electron chi connectivity index (χ2n) is 3.54. The van der Waals surface area contributed by atoms with Crippen molar-refractivity contribution in [3.05, 3.63) is 35.9 Å². The van der Waals surface area contributed by atoms with Gasteiger partial charge < -0.3 is 4.55 Å². The Balaban J connectivity index is 2.03. The summed E-state index contributed by atoms with van der Waals surface area (Å²) in [6, 6.07) is 9.53. The molecule has 7 heteroatoms. The van der Waals surface area contributed by atoms with Crippen molar-refractivity contribution in [3.8, 4) is 0 Å². The Bertz CT molecular complexity index is 530. The largest absolute Gasteiger partial charge is 0.609 e. The number of nitrogens with zero attached hydrogens (tertiary/aromatic N) is 2. The van der Waals surface area contributed by atoms with E-state index in [0.29, 0.717) is 10.1 Å². The molecule has 2 rings (SSSR count). The molecule has 1 unspecified atom stereocenters. The van der Waals surface area contributed by atoms with Crippen molar-refractivity contribution < 1.29 is 9.35 Å². The summed E-state index contributed by atoms with van der Waals surface area (Å²) in [5.74, 6) is 0.368. The first-order valence-electron chi connectivity index (χ1n) is 5.19. The van der Waals surface area contributed by atoms with Gasteiger partial charge >= 0.3 is 4.34 Å². The van der Waals surface area contributed by atoms with Gasteiger partial charge in [-0.1, -0.05) is 30.3 Å². The lowest BCUT2D eigenvalue weighted by molar-refractivity contribution is -0.114. The molecule has 0 bridgehead atoms. The van der Waals surface area contributed by atoms with Crippen LogP contribution < -0.4 is 5.32 Å². The predicted molar refractivity (Wildman–Crippen MR) is 70.8 cm³/mol. The van der Waals surface area contributed by atoms with Crippen molar-refractivity contribution in [2.24, 2.45) is 0 Å². The Morgan fingerprint density at radius 2 is 2.17 bits per heavy atom. The SMILES string of the molecule is CC(=O)Nc1nsc([S+]([O-])Cc2ccccc2)n1. The predicted octanol–water partition coefficient (Wildman–Crippen LogP) is 1.80. The van der Waals surface area contributed by atoms with E-state index in [1.54, 1.807) is 0 Å². The van der Waals surface area contributed by atoms with Gasteiger partial charge in [0.05, 0.1) is 0 Å². The lowest BCUT2D eigenvalue weighted by Crippen LogP contribution is -2.08. The smallest absolute Gasteiger partial charge is 0.322 e. The van der Waals surface area contributed by atoms with Gasteiger partial charge in [-0.2, -0.15) is 4.98 Å². The maximum Gasteiger partial charge on any atom is 0.322 e. The number of anilines is 1. The fourth-order valence-electron chi connectivity index (χ4n) is 1.30. The van der Waals surface area contributed by atoms with Gasteiger partial charge in [-0.25, -0.2) is 0 Å². The summed E-state index contributed by atoms with van der Waals surface area (Å²) in [7, 11) is 0. The highest BCUT2D eigenvalue weighted by atomic mass is 32.2. The molecule has 1 heterocycles. The fraction of sp³-hybridized carbons (Fsp3) is 0.182. The molecule has 0 fully saturated rings. The fourth-order valence-corrected chi connectivity index (χ4v) is 3.10. The standard InChI is InChI=1S/C11H11N3O2S2/c1-8(15)12-10-13-11(17-14-10)18(16)7-9-5-3-2-4-6-9/h2-6H,7H2,1H3,(H,12,14,15). The van der Waals surface area contributed by atoms with Gasteiger partial charge in [-0.15, -0.1) is 4.37 Å². The summed E-state index contributed by atoms with van der Waals surface area (Å²) in [6.07, 6.45) is 0. The molecule has 1 atom stereocenters. The number of benzene rings is 1. The number of nitrogens with one attached hydrogen (secondary N) is 1. The summed E-state index contributed by atoms with van der Waals surface area (Å²) in [6.45, 7) is 1.38. The number of carbonyl (C=O) groups is 1. The van der Waals surface area contributed by atoms with Crippen LogP contribution in [0.5, 0.6) is 0 Å². The quantitative estimate of drug-likeness (QED) is 0.867. The molecule has 0 aliphatic heterocycles. The molecule has 0 aliphatic carbocycles. The number of hydrogen-bond donors (Lipinski definition) is 1. The maximum absolute atomic E-state index is 12.0. The zero-order valence-corrected chi connectivity index (χ0v) is 11.3. The molecule has 5 nitrogen and oxygen atoms in total. The van der Waals surface area contributed by atoms with E-state index in [0.717, 1.165) is 17.1 Å². The molecular formula is C11H11N3O2S2. The van der Waals surface area contributed by atoms with Gasteiger partial charge in [0, 0.05) is 35.2 Å². The molecule has 0 saturated carbocycles. The maximum atomic E-state index is 12.0. The van der Waals surface area contributed by atoms with Gasteiger partial charge in [0.15, 0.2) is 0 Å². The Hall–Kier alpha value is -1.44. The lowest BCUT2D eigenvalue weighted by Gasteiger charge is -2.05. The average molecular weight is 281 g/mol. The van der Waals surface area contributed by atoms with E-state index in [2.05, 4.69) is 14.7 Å². The minimum atomic E-state index is -1.23. The van der Waals surface area contributed by atoms with Gasteiger partial charge in [-0.3, -0.25) is 10.1 Å². The van der Waals surface area contributed by atoms with Crippen LogP contribution in [-0.2, 0) is 21.7 Å². The normalized spacial score (nSPS) is 12.1. The highest BCUT2D eigenvalue weighted by molar-refractivity contribution is 7.92. The number of carbonyl (C=O) groups excluding carboxylic acids is 1. The van der Waals surface area contributed by atoms with Crippen LogP contribution in [0.1, 0.15) is 12.5 Å². The Labute approximate surface area is 112 Å². The van der Waals surface area contributed by atoms with Crippen LogP contribution in [0.2, 0.25) is 0 Å². The third kappa shape index (κ3) is 3.52. The van der Waals surface area contributed by atoms with Gasteiger partial charge in [0.1, 0.15) is 5.75 Å². The van der Waals surface area contributed by atoms with Crippen LogP contribution in [0, 0.1) is 0 Å². The Morgan fingerprint density at radius 1 is 1.44 bits per heavy atom. The monoisotopic (exact) mass is 281 g/mol. The van der Waals surface area contributed by atoms with E-state index in [1.807, 2.05) is 30.3 Å². The molecule has 0 radical (unpaired) electrons. The summed E-state index contributed by atoms with van der Waals surface area (Å²) in [5.41, 5.74) is 0.979. The van der Waals surface area contributed by atoms with Gasteiger partial charge in [0.25, 0.3) is 0 Å². The molecule has 94 valence electrons. The summed E-state index contributed by atoms with van der Waals surface area (Å²) in [5, 5.41) is 2.46. The van der Waals surface area contributed by atoms with Crippen LogP contribution in [0.4, 0.5) is 5.95 Å². The minimum absolute atomic E-state index is 0.212. The van der Waals surface area contributed by atoms with E-state index in [1.165, 1.54) is 6.92 Å². The Morgan fingerprint density at radius 3 is 2.83 bits per heavy atom. The molecule has 2 aromatic rings. The van der Waals surface area contributed by atoms with Gasteiger partial charge in [0.2, 0.25) is 11.9 Å². The van der Waals surface area contributed by atoms with Crippen LogP contribution in [-0.4, -0.2) is 19.8 Å². The van der Waals surface area contributed by atoms with Crippen molar-refractivity contribution >= 4 is 34.6 Å². The number of aromatic nitrogens is 2. The summed E-state index contributed by atoms with van der Waals surface area (Å²) in [4.78, 5) is 14.8. The van der Waals surface area contributed by atoms with Crippen LogP contribution in [0.3, 0.4) is 0 Å². The van der Waals surface area contributed by atoms with Crippen LogP contribution in [0.25, 0.3) is 0 Å². The molecule has 0 aliphatic rings. The van der Waals surface area contributed by atoms with Crippen molar-refractivity contribution in [3.63, 3.8) is 0 Å². The zero-order valence-electron chi connectivity index (χ0n) is 9.62. The highest BCUT2D eigenvalue weighted by Gasteiger charge is 2.18. The molecule has 1 amide bonds. The molecule has 18 heavy (non-hydrogen) atoms. The second-order valence-corrected chi connectivity index (χ2v) is 5.92. The molecule has 1 N–H and O–H groups in total. The van der Waals surface area contributed by atoms with E-state index in [4.69, 9.17) is 0 Å². The van der Waals surface area contributed by atoms with Crippen LogP contribution in [0.15, 0.2) is 34.7 Å². The van der Waals surface area contributed by atoms with Gasteiger partial charge in [-0.05, 0) is 0 Å². The van der Waals surface area contributed by atoms with Crippen LogP contribution >= 0.6 is 11.5 Å². The summed E-state index contributed by atoms with van der Waals surface area (Å²) >= 11 is -0.192. The first-order chi connectivity index (χ1) is 8.65. The highest BCUT2D eigenvalue weighted by Crippen LogP contribution is 2.19. The molecule has 1 aromatic carbocycles. The van der Waals surface area contributed by atoms with E-state index >= 15 is 0 Å². The first kappa shape index (κ1) is 13.0. The minimum Gasteiger partial charge on any atom is -0.609 e.